The van der Waals surface area contributed by atoms with Gasteiger partial charge in [-0.2, -0.15) is 0 Å². The number of hydrogen-bond donors (Lipinski definition) is 2. The minimum Gasteiger partial charge on any atom is -0.466 e. The molecule has 0 aliphatic heterocycles. The average molecular weight is 983 g/mol. The van der Waals surface area contributed by atoms with Gasteiger partial charge in [0.05, 0.1) is 26.3 Å². The van der Waals surface area contributed by atoms with Crippen LogP contribution in [0.4, 0.5) is 9.59 Å². The first-order valence-electron chi connectivity index (χ1n) is 27.2. The van der Waals surface area contributed by atoms with Gasteiger partial charge in [-0.1, -0.05) is 38.8 Å². The Morgan fingerprint density at radius 2 is 0.729 bits per heavy atom. The van der Waals surface area contributed by atoms with Crippen LogP contribution in [0.25, 0.3) is 0 Å². The van der Waals surface area contributed by atoms with Crippen molar-refractivity contribution in [2.45, 2.75) is 220 Å². The molecule has 4 fully saturated rings. The van der Waals surface area contributed by atoms with E-state index >= 15 is 0 Å². The zero-order valence-corrected chi connectivity index (χ0v) is 44.8. The second-order valence-electron chi connectivity index (χ2n) is 23.6. The quantitative estimate of drug-likeness (QED) is 0.0435. The molecule has 0 bridgehead atoms. The molecule has 0 aromatic heterocycles. The number of nitrogens with one attached hydrogen (secondary N) is 2. The summed E-state index contributed by atoms with van der Waals surface area (Å²) in [7, 11) is 0. The lowest BCUT2D eigenvalue weighted by atomic mass is 9.74. The van der Waals surface area contributed by atoms with E-state index in [1.165, 1.54) is 12.8 Å². The minimum absolute atomic E-state index is 0.112. The van der Waals surface area contributed by atoms with Crippen LogP contribution < -0.4 is 10.6 Å². The fourth-order valence-corrected chi connectivity index (χ4v) is 11.2. The molecule has 4 aliphatic carbocycles. The summed E-state index contributed by atoms with van der Waals surface area (Å²) in [5.41, 5.74) is -0.127. The van der Waals surface area contributed by atoms with Crippen molar-refractivity contribution in [3.05, 3.63) is 24.3 Å². The van der Waals surface area contributed by atoms with Gasteiger partial charge in [-0.05, 0) is 194 Å². The number of urea groups is 2. The molecular formula is C56H94N4O10. The SMILES string of the molecule is C=C(C)C(=O)OCCN(C(=O)NC1CCC(CC2CCC(CC(=O)OCCCCOC(=O)CC3CCC(CC4CCC(NC(=O)N(CCOC(=O)C(=C)C)C(C)(C)C)CC4)CC3)CC2)CC1)C(C)(C)C. The lowest BCUT2D eigenvalue weighted by Gasteiger charge is -2.38. The van der Waals surface area contributed by atoms with Crippen LogP contribution >= 0.6 is 0 Å². The number of hydrogen-bond acceptors (Lipinski definition) is 10. The lowest BCUT2D eigenvalue weighted by Crippen LogP contribution is -2.54. The topological polar surface area (TPSA) is 170 Å². The van der Waals surface area contributed by atoms with E-state index in [0.717, 1.165) is 103 Å². The average Bonchev–Trinajstić information content (AvgIpc) is 3.29. The Hall–Kier alpha value is -4.10. The van der Waals surface area contributed by atoms with Crippen LogP contribution in [0.3, 0.4) is 0 Å². The van der Waals surface area contributed by atoms with Crippen molar-refractivity contribution in [1.82, 2.24) is 20.4 Å². The molecule has 4 aliphatic rings. The standard InChI is InChI=1S/C56H94N4O10/c1-39(2)51(63)69-33-29-59(55(5,6)7)53(65)57-47-25-21-43(22-26-47)35-41-13-17-45(18-14-41)37-49(61)67-31-11-12-32-68-50(62)38-46-19-15-42(16-20-46)36-44-23-27-48(28-24-44)58-54(66)60(56(8,9)10)30-34-70-52(64)40(3)4/h41-48H,1,3,11-38H2,2,4-10H3,(H,57,65)(H,58,66). The largest absolute Gasteiger partial charge is 0.466 e. The summed E-state index contributed by atoms with van der Waals surface area (Å²) < 4.78 is 21.7. The van der Waals surface area contributed by atoms with Crippen LogP contribution in [0.5, 0.6) is 0 Å². The highest BCUT2D eigenvalue weighted by molar-refractivity contribution is 5.87. The van der Waals surface area contributed by atoms with Gasteiger partial charge < -0.3 is 39.4 Å². The Morgan fingerprint density at radius 3 is 1.01 bits per heavy atom. The number of rotatable bonds is 23. The lowest BCUT2D eigenvalue weighted by molar-refractivity contribution is -0.147. The molecule has 4 saturated carbocycles. The number of carbonyl (C=O) groups is 6. The highest BCUT2D eigenvalue weighted by Crippen LogP contribution is 2.40. The maximum atomic E-state index is 13.3. The molecule has 4 rings (SSSR count). The van der Waals surface area contributed by atoms with E-state index < -0.39 is 23.0 Å². The van der Waals surface area contributed by atoms with Crippen molar-refractivity contribution >= 4 is 35.9 Å². The third-order valence-corrected chi connectivity index (χ3v) is 15.5. The first-order valence-corrected chi connectivity index (χ1v) is 27.2. The monoisotopic (exact) mass is 983 g/mol. The van der Waals surface area contributed by atoms with Gasteiger partial charge in [0, 0.05) is 47.1 Å². The van der Waals surface area contributed by atoms with Crippen molar-refractivity contribution in [3.63, 3.8) is 0 Å². The molecule has 0 spiro atoms. The van der Waals surface area contributed by atoms with E-state index in [0.29, 0.717) is 98.6 Å². The number of carbonyl (C=O) groups excluding carboxylic acids is 6. The van der Waals surface area contributed by atoms with Gasteiger partial charge in [-0.25, -0.2) is 19.2 Å². The molecule has 2 N–H and O–H groups in total. The van der Waals surface area contributed by atoms with Crippen molar-refractivity contribution in [2.75, 3.05) is 39.5 Å². The highest BCUT2D eigenvalue weighted by atomic mass is 16.5. The first-order chi connectivity index (χ1) is 33.1. The maximum absolute atomic E-state index is 13.3. The Bertz CT molecular complexity index is 1580. The van der Waals surface area contributed by atoms with Crippen LogP contribution in [0.1, 0.15) is 197 Å². The Labute approximate surface area is 421 Å². The fraction of sp³-hybridized carbons (Fsp3) is 0.821. The number of unbranched alkanes of at least 4 members (excludes halogenated alkanes) is 1. The first kappa shape index (κ1) is 58.5. The zero-order valence-electron chi connectivity index (χ0n) is 44.8. The summed E-state index contributed by atoms with van der Waals surface area (Å²) in [6.45, 7) is 24.0. The summed E-state index contributed by atoms with van der Waals surface area (Å²) in [6, 6.07) is 0.0774. The molecule has 0 unspecified atom stereocenters. The van der Waals surface area contributed by atoms with Gasteiger partial charge in [-0.15, -0.1) is 0 Å². The van der Waals surface area contributed by atoms with E-state index in [4.69, 9.17) is 18.9 Å². The molecule has 0 saturated heterocycles. The molecule has 0 aromatic rings. The van der Waals surface area contributed by atoms with E-state index in [9.17, 15) is 28.8 Å². The summed E-state index contributed by atoms with van der Waals surface area (Å²) in [5, 5.41) is 6.50. The number of ether oxygens (including phenoxy) is 4. The second kappa shape index (κ2) is 28.8. The smallest absolute Gasteiger partial charge is 0.333 e. The molecule has 14 nitrogen and oxygen atoms in total. The predicted molar refractivity (Wildman–Crippen MR) is 274 cm³/mol. The number of nitrogens with zero attached hydrogens (tertiary/aromatic N) is 2. The van der Waals surface area contributed by atoms with Crippen molar-refractivity contribution in [2.24, 2.45) is 35.5 Å². The van der Waals surface area contributed by atoms with Crippen LogP contribution in [-0.4, -0.2) is 108 Å². The summed E-state index contributed by atoms with van der Waals surface area (Å²) >= 11 is 0. The van der Waals surface area contributed by atoms with Crippen LogP contribution in [0.2, 0.25) is 0 Å². The number of esters is 4. The van der Waals surface area contributed by atoms with Gasteiger partial charge in [0.25, 0.3) is 0 Å². The van der Waals surface area contributed by atoms with E-state index in [-0.39, 0.29) is 49.3 Å². The fourth-order valence-electron chi connectivity index (χ4n) is 11.2. The third-order valence-electron chi connectivity index (χ3n) is 15.5. The molecule has 0 atom stereocenters. The molecule has 0 radical (unpaired) electrons. The molecule has 398 valence electrons. The van der Waals surface area contributed by atoms with Crippen LogP contribution in [0.15, 0.2) is 24.3 Å². The molecule has 0 heterocycles. The van der Waals surface area contributed by atoms with Crippen molar-refractivity contribution < 1.29 is 47.7 Å². The number of amides is 4. The van der Waals surface area contributed by atoms with Crippen molar-refractivity contribution in [3.8, 4) is 0 Å². The highest BCUT2D eigenvalue weighted by Gasteiger charge is 2.34. The van der Waals surface area contributed by atoms with E-state index in [1.807, 2.05) is 41.5 Å². The summed E-state index contributed by atoms with van der Waals surface area (Å²) in [6.07, 6.45) is 22.0. The van der Waals surface area contributed by atoms with Gasteiger partial charge in [0.1, 0.15) is 13.2 Å². The van der Waals surface area contributed by atoms with E-state index in [1.54, 1.807) is 23.6 Å². The molecular weight excluding hydrogens is 889 g/mol. The van der Waals surface area contributed by atoms with Crippen molar-refractivity contribution in [1.29, 1.82) is 0 Å². The zero-order chi connectivity index (χ0) is 51.4. The van der Waals surface area contributed by atoms with Gasteiger partial charge in [0.2, 0.25) is 0 Å². The van der Waals surface area contributed by atoms with Gasteiger partial charge in [0.15, 0.2) is 0 Å². The Morgan fingerprint density at radius 1 is 0.443 bits per heavy atom. The normalized spacial score (nSPS) is 25.1. The van der Waals surface area contributed by atoms with E-state index in [2.05, 4.69) is 23.8 Å². The predicted octanol–water partition coefficient (Wildman–Crippen LogP) is 11.0. The molecule has 4 amide bonds. The van der Waals surface area contributed by atoms with Crippen LogP contribution in [0, 0.1) is 35.5 Å². The maximum Gasteiger partial charge on any atom is 0.333 e. The van der Waals surface area contributed by atoms with Gasteiger partial charge in [-0.3, -0.25) is 9.59 Å². The summed E-state index contributed by atoms with van der Waals surface area (Å²) in [5.74, 6) is 2.37. The Balaban J connectivity index is 0.976. The second-order valence-corrected chi connectivity index (χ2v) is 23.6. The molecule has 14 heteroatoms. The third kappa shape index (κ3) is 21.3. The summed E-state index contributed by atoms with van der Waals surface area (Å²) in [4.78, 5) is 79.0. The van der Waals surface area contributed by atoms with Gasteiger partial charge >= 0.3 is 35.9 Å². The molecule has 0 aromatic carbocycles. The molecule has 70 heavy (non-hydrogen) atoms. The van der Waals surface area contributed by atoms with Crippen LogP contribution in [-0.2, 0) is 38.1 Å². The minimum atomic E-state index is -0.441. The Kier molecular flexibility index (Phi) is 24.1.